The summed E-state index contributed by atoms with van der Waals surface area (Å²) in [5.41, 5.74) is 2.09. The minimum absolute atomic E-state index is 0.197. The summed E-state index contributed by atoms with van der Waals surface area (Å²) in [5.74, 6) is -0.0962. The predicted molar refractivity (Wildman–Crippen MR) is 131 cm³/mol. The molecule has 0 unspecified atom stereocenters. The summed E-state index contributed by atoms with van der Waals surface area (Å²) in [6, 6.07) is 5.16. The van der Waals surface area contributed by atoms with Crippen LogP contribution in [0.25, 0.3) is 11.0 Å². The van der Waals surface area contributed by atoms with Gasteiger partial charge in [-0.2, -0.15) is 0 Å². The number of carbonyl (C=O) groups excluding carboxylic acids is 1. The zero-order valence-electron chi connectivity index (χ0n) is 20.2. The molecule has 1 heterocycles. The van der Waals surface area contributed by atoms with Crippen LogP contribution in [0.5, 0.6) is 17.2 Å². The SMILES string of the molecule is CCC=CCCOc1c(OC(C)=O)c(=O)oc2cc(OCC=C(C)CCC=C(C)C)ccc12. The normalized spacial score (nSPS) is 11.6. The van der Waals surface area contributed by atoms with Gasteiger partial charge in [-0.25, -0.2) is 4.79 Å². The van der Waals surface area contributed by atoms with Crippen molar-refractivity contribution >= 4 is 16.9 Å². The van der Waals surface area contributed by atoms with Crippen molar-refractivity contribution in [3.63, 3.8) is 0 Å². The van der Waals surface area contributed by atoms with E-state index in [0.29, 0.717) is 36.4 Å². The Bertz CT molecular complexity index is 1080. The highest BCUT2D eigenvalue weighted by Crippen LogP contribution is 2.35. The molecular weight excluding hydrogens is 420 g/mol. The third-order valence-corrected chi connectivity index (χ3v) is 4.74. The van der Waals surface area contributed by atoms with Gasteiger partial charge in [-0.3, -0.25) is 4.79 Å². The molecule has 0 spiro atoms. The molecule has 1 aromatic heterocycles. The first-order valence-corrected chi connectivity index (χ1v) is 11.3. The van der Waals surface area contributed by atoms with Crippen molar-refractivity contribution < 1.29 is 23.4 Å². The van der Waals surface area contributed by atoms with Gasteiger partial charge in [0.15, 0.2) is 5.75 Å². The monoisotopic (exact) mass is 454 g/mol. The van der Waals surface area contributed by atoms with E-state index in [1.165, 1.54) is 18.1 Å². The first kappa shape index (κ1) is 26.0. The lowest BCUT2D eigenvalue weighted by molar-refractivity contribution is -0.132. The van der Waals surface area contributed by atoms with E-state index in [-0.39, 0.29) is 11.5 Å². The highest BCUT2D eigenvalue weighted by atomic mass is 16.6. The molecule has 2 rings (SSSR count). The molecule has 0 radical (unpaired) electrons. The Kier molecular flexibility index (Phi) is 10.5. The van der Waals surface area contributed by atoms with Crippen molar-refractivity contribution in [3.05, 3.63) is 64.1 Å². The second-order valence-corrected chi connectivity index (χ2v) is 8.00. The quantitative estimate of drug-likeness (QED) is 0.157. The van der Waals surface area contributed by atoms with E-state index in [1.54, 1.807) is 18.2 Å². The van der Waals surface area contributed by atoms with E-state index < -0.39 is 11.6 Å². The van der Waals surface area contributed by atoms with Crippen LogP contribution in [0.1, 0.15) is 60.3 Å². The minimum Gasteiger partial charge on any atom is -0.489 e. The first-order chi connectivity index (χ1) is 15.8. The molecular formula is C27H34O6. The number of fused-ring (bicyclic) bond motifs is 1. The Balaban J connectivity index is 2.21. The molecule has 2 aromatic rings. The van der Waals surface area contributed by atoms with Crippen molar-refractivity contribution in [2.75, 3.05) is 13.2 Å². The van der Waals surface area contributed by atoms with Gasteiger partial charge in [0.25, 0.3) is 5.75 Å². The number of esters is 1. The standard InChI is InChI=1S/C27H34O6/c1-6-7-8-9-16-31-25-23-14-13-22(30-17-15-20(4)12-10-11-19(2)3)18-24(23)33-27(29)26(25)32-21(5)28/h7-8,11,13-15,18H,6,9-10,12,16-17H2,1-5H3. The smallest absolute Gasteiger partial charge is 0.383 e. The number of ether oxygens (including phenoxy) is 3. The molecule has 0 aliphatic carbocycles. The van der Waals surface area contributed by atoms with Crippen LogP contribution in [-0.4, -0.2) is 19.2 Å². The largest absolute Gasteiger partial charge is 0.489 e. The zero-order chi connectivity index (χ0) is 24.2. The van der Waals surface area contributed by atoms with Crippen LogP contribution in [0.4, 0.5) is 0 Å². The minimum atomic E-state index is -0.774. The Hall–Kier alpha value is -3.28. The fraction of sp³-hybridized carbons (Fsp3) is 0.407. The summed E-state index contributed by atoms with van der Waals surface area (Å²) in [4.78, 5) is 24.0. The lowest BCUT2D eigenvalue weighted by Gasteiger charge is -2.12. The van der Waals surface area contributed by atoms with Crippen molar-refractivity contribution in [1.82, 2.24) is 0 Å². The van der Waals surface area contributed by atoms with Crippen LogP contribution in [0.3, 0.4) is 0 Å². The van der Waals surface area contributed by atoms with Gasteiger partial charge in [-0.1, -0.05) is 36.3 Å². The maximum atomic E-state index is 12.5. The van der Waals surface area contributed by atoms with E-state index in [4.69, 9.17) is 18.6 Å². The van der Waals surface area contributed by atoms with Crippen molar-refractivity contribution in [1.29, 1.82) is 0 Å². The summed E-state index contributed by atoms with van der Waals surface area (Å²) < 4.78 is 22.2. The summed E-state index contributed by atoms with van der Waals surface area (Å²) in [7, 11) is 0. The van der Waals surface area contributed by atoms with Gasteiger partial charge in [0.05, 0.1) is 12.0 Å². The van der Waals surface area contributed by atoms with Crippen LogP contribution in [-0.2, 0) is 4.79 Å². The van der Waals surface area contributed by atoms with Crippen LogP contribution in [0.15, 0.2) is 62.9 Å². The highest BCUT2D eigenvalue weighted by Gasteiger charge is 2.20. The van der Waals surface area contributed by atoms with E-state index in [0.717, 1.165) is 19.3 Å². The van der Waals surface area contributed by atoms with Crippen molar-refractivity contribution in [3.8, 4) is 17.2 Å². The molecule has 0 atom stereocenters. The molecule has 0 amide bonds. The fourth-order valence-corrected chi connectivity index (χ4v) is 3.09. The molecule has 6 heteroatoms. The van der Waals surface area contributed by atoms with Gasteiger partial charge >= 0.3 is 11.6 Å². The van der Waals surface area contributed by atoms with E-state index in [2.05, 4.69) is 26.8 Å². The lowest BCUT2D eigenvalue weighted by atomic mass is 10.1. The topological polar surface area (TPSA) is 75.0 Å². The molecule has 0 bridgehead atoms. The third-order valence-electron chi connectivity index (χ3n) is 4.74. The number of hydrogen-bond acceptors (Lipinski definition) is 6. The first-order valence-electron chi connectivity index (χ1n) is 11.3. The molecule has 0 aliphatic heterocycles. The van der Waals surface area contributed by atoms with Gasteiger partial charge < -0.3 is 18.6 Å². The Morgan fingerprint density at radius 2 is 1.79 bits per heavy atom. The second kappa shape index (κ2) is 13.3. The van der Waals surface area contributed by atoms with Gasteiger partial charge in [-0.15, -0.1) is 0 Å². The number of benzene rings is 1. The van der Waals surface area contributed by atoms with Crippen LogP contribution in [0, 0.1) is 0 Å². The molecule has 0 N–H and O–H groups in total. The Morgan fingerprint density at radius 1 is 1.00 bits per heavy atom. The molecule has 1 aromatic carbocycles. The van der Waals surface area contributed by atoms with Crippen molar-refractivity contribution in [2.24, 2.45) is 0 Å². The number of allylic oxidation sites excluding steroid dienone is 4. The Morgan fingerprint density at radius 3 is 2.48 bits per heavy atom. The van der Waals surface area contributed by atoms with Crippen LogP contribution in [0.2, 0.25) is 0 Å². The average molecular weight is 455 g/mol. The molecule has 0 saturated heterocycles. The molecule has 33 heavy (non-hydrogen) atoms. The zero-order valence-corrected chi connectivity index (χ0v) is 20.2. The molecule has 178 valence electrons. The van der Waals surface area contributed by atoms with E-state index in [1.807, 2.05) is 25.2 Å². The summed E-state index contributed by atoms with van der Waals surface area (Å²) in [5, 5.41) is 0.533. The summed E-state index contributed by atoms with van der Waals surface area (Å²) in [6.45, 7) is 10.3. The predicted octanol–water partition coefficient (Wildman–Crippen LogP) is 6.52. The van der Waals surface area contributed by atoms with Crippen LogP contribution >= 0.6 is 0 Å². The number of rotatable bonds is 12. The third kappa shape index (κ3) is 8.64. The maximum absolute atomic E-state index is 12.5. The second-order valence-electron chi connectivity index (χ2n) is 8.00. The maximum Gasteiger partial charge on any atom is 0.383 e. The van der Waals surface area contributed by atoms with Gasteiger partial charge in [0.2, 0.25) is 0 Å². The average Bonchev–Trinajstić information content (AvgIpc) is 2.74. The van der Waals surface area contributed by atoms with Crippen molar-refractivity contribution in [2.45, 2.75) is 60.3 Å². The highest BCUT2D eigenvalue weighted by molar-refractivity contribution is 5.87. The number of hydrogen-bond donors (Lipinski definition) is 0. The van der Waals surface area contributed by atoms with Gasteiger partial charge in [-0.05, 0) is 64.7 Å². The van der Waals surface area contributed by atoms with E-state index in [9.17, 15) is 9.59 Å². The molecule has 6 nitrogen and oxygen atoms in total. The molecule has 0 aliphatic rings. The van der Waals surface area contributed by atoms with E-state index >= 15 is 0 Å². The number of carbonyl (C=O) groups is 1. The summed E-state index contributed by atoms with van der Waals surface area (Å²) in [6.07, 6.45) is 11.9. The lowest BCUT2D eigenvalue weighted by Crippen LogP contribution is -2.13. The van der Waals surface area contributed by atoms with Gasteiger partial charge in [0.1, 0.15) is 17.9 Å². The fourth-order valence-electron chi connectivity index (χ4n) is 3.09. The summed E-state index contributed by atoms with van der Waals surface area (Å²) >= 11 is 0. The van der Waals surface area contributed by atoms with Gasteiger partial charge in [0, 0.05) is 13.0 Å². The molecule has 0 saturated carbocycles. The molecule has 0 fully saturated rings. The Labute approximate surface area is 195 Å². The van der Waals surface area contributed by atoms with Crippen LogP contribution < -0.4 is 19.8 Å².